The summed E-state index contributed by atoms with van der Waals surface area (Å²) in [6.45, 7) is 2.11. The van der Waals surface area contributed by atoms with Gasteiger partial charge in [0.2, 0.25) is 11.8 Å². The average Bonchev–Trinajstić information content (AvgIpc) is 2.59. The predicted molar refractivity (Wildman–Crippen MR) is 87.6 cm³/mol. The van der Waals surface area contributed by atoms with Gasteiger partial charge >= 0.3 is 0 Å². The van der Waals surface area contributed by atoms with Crippen molar-refractivity contribution >= 4 is 17.5 Å². The van der Waals surface area contributed by atoms with Crippen molar-refractivity contribution in [3.05, 3.63) is 47.5 Å². The van der Waals surface area contributed by atoms with E-state index in [1.807, 2.05) is 13.0 Å². The third kappa shape index (κ3) is 3.19. The summed E-state index contributed by atoms with van der Waals surface area (Å²) < 4.78 is 5.26. The number of aryl methyl sites for hydroxylation is 1. The first kappa shape index (κ1) is 15.9. The van der Waals surface area contributed by atoms with E-state index in [0.29, 0.717) is 17.1 Å². The van der Waals surface area contributed by atoms with Gasteiger partial charge in [-0.15, -0.1) is 0 Å². The van der Waals surface area contributed by atoms with Crippen LogP contribution in [0.3, 0.4) is 0 Å². The molecule has 1 aliphatic rings. The molecule has 0 aliphatic carbocycles. The molecule has 0 bridgehead atoms. The number of para-hydroxylation sites is 1. The van der Waals surface area contributed by atoms with Gasteiger partial charge in [0.25, 0.3) is 0 Å². The largest absolute Gasteiger partial charge is 0.495 e. The molecule has 0 fully saturated rings. The monoisotopic (exact) mass is 326 g/mol. The molecule has 0 saturated carbocycles. The molecular formula is C17H18N4O3. The number of anilines is 1. The summed E-state index contributed by atoms with van der Waals surface area (Å²) in [4.78, 5) is 32.9. The standard InChI is InChI=1S/C17H18N4O3/c1-10-7-19-11(8-18-10)9-20-17(23)13-6-15(22)21-16-12(13)4-3-5-14(16)24-2/h3-5,7-8,13H,6,9H2,1-2H3,(H,20,23)(H,21,22)/t13-/m1/s1. The highest BCUT2D eigenvalue weighted by atomic mass is 16.5. The maximum Gasteiger partial charge on any atom is 0.228 e. The molecule has 7 heteroatoms. The van der Waals surface area contributed by atoms with Crippen LogP contribution in [0.25, 0.3) is 0 Å². The fourth-order valence-corrected chi connectivity index (χ4v) is 2.67. The van der Waals surface area contributed by atoms with Crippen LogP contribution in [0.2, 0.25) is 0 Å². The number of fused-ring (bicyclic) bond motifs is 1. The van der Waals surface area contributed by atoms with Gasteiger partial charge in [-0.05, 0) is 18.6 Å². The number of hydrogen-bond acceptors (Lipinski definition) is 5. The third-order valence-corrected chi connectivity index (χ3v) is 3.90. The van der Waals surface area contributed by atoms with Crippen LogP contribution in [0, 0.1) is 6.92 Å². The fraction of sp³-hybridized carbons (Fsp3) is 0.294. The van der Waals surface area contributed by atoms with Gasteiger partial charge in [-0.25, -0.2) is 0 Å². The molecule has 1 atom stereocenters. The zero-order chi connectivity index (χ0) is 17.1. The molecule has 124 valence electrons. The number of amides is 2. The maximum atomic E-state index is 12.6. The molecule has 2 N–H and O–H groups in total. The Bertz CT molecular complexity index is 774. The lowest BCUT2D eigenvalue weighted by Crippen LogP contribution is -2.35. The highest BCUT2D eigenvalue weighted by Crippen LogP contribution is 2.38. The lowest BCUT2D eigenvalue weighted by molar-refractivity contribution is -0.126. The van der Waals surface area contributed by atoms with Gasteiger partial charge in [-0.2, -0.15) is 0 Å². The smallest absolute Gasteiger partial charge is 0.228 e. The lowest BCUT2D eigenvalue weighted by Gasteiger charge is -2.26. The van der Waals surface area contributed by atoms with Crippen LogP contribution in [0.1, 0.15) is 29.3 Å². The van der Waals surface area contributed by atoms with E-state index >= 15 is 0 Å². The Morgan fingerprint density at radius 3 is 2.92 bits per heavy atom. The Hall–Kier alpha value is -2.96. The van der Waals surface area contributed by atoms with E-state index < -0.39 is 5.92 Å². The average molecular weight is 326 g/mol. The summed E-state index contributed by atoms with van der Waals surface area (Å²) in [6, 6.07) is 5.38. The van der Waals surface area contributed by atoms with Gasteiger partial charge in [-0.3, -0.25) is 19.6 Å². The van der Waals surface area contributed by atoms with Crippen LogP contribution in [0.4, 0.5) is 5.69 Å². The Labute approximate surface area is 139 Å². The molecule has 7 nitrogen and oxygen atoms in total. The fourth-order valence-electron chi connectivity index (χ4n) is 2.67. The van der Waals surface area contributed by atoms with Crippen molar-refractivity contribution in [2.45, 2.75) is 25.8 Å². The summed E-state index contributed by atoms with van der Waals surface area (Å²) in [5.74, 6) is -0.436. The van der Waals surface area contributed by atoms with Crippen LogP contribution in [0.5, 0.6) is 5.75 Å². The summed E-state index contributed by atoms with van der Waals surface area (Å²) in [6.07, 6.45) is 3.38. The van der Waals surface area contributed by atoms with E-state index in [-0.39, 0.29) is 24.8 Å². The molecule has 0 unspecified atom stereocenters. The number of nitrogens with one attached hydrogen (secondary N) is 2. The lowest BCUT2D eigenvalue weighted by atomic mass is 9.89. The Balaban J connectivity index is 1.78. The summed E-state index contributed by atoms with van der Waals surface area (Å²) >= 11 is 0. The number of ether oxygens (including phenoxy) is 1. The number of nitrogens with zero attached hydrogens (tertiary/aromatic N) is 2. The highest BCUT2D eigenvalue weighted by molar-refractivity contribution is 6.02. The Morgan fingerprint density at radius 2 is 2.21 bits per heavy atom. The molecule has 1 aliphatic heterocycles. The van der Waals surface area contributed by atoms with E-state index in [1.165, 1.54) is 7.11 Å². The summed E-state index contributed by atoms with van der Waals surface area (Å²) in [7, 11) is 1.53. The van der Waals surface area contributed by atoms with Crippen molar-refractivity contribution < 1.29 is 14.3 Å². The second-order valence-corrected chi connectivity index (χ2v) is 5.60. The highest BCUT2D eigenvalue weighted by Gasteiger charge is 2.32. The van der Waals surface area contributed by atoms with E-state index in [0.717, 1.165) is 11.3 Å². The topological polar surface area (TPSA) is 93.2 Å². The Kier molecular flexibility index (Phi) is 4.41. The van der Waals surface area contributed by atoms with Gasteiger partial charge in [0.15, 0.2) is 0 Å². The molecule has 24 heavy (non-hydrogen) atoms. The van der Waals surface area contributed by atoms with E-state index in [9.17, 15) is 9.59 Å². The molecule has 0 spiro atoms. The van der Waals surface area contributed by atoms with Gasteiger partial charge in [0.05, 0.1) is 42.8 Å². The number of hydrogen-bond donors (Lipinski definition) is 2. The zero-order valence-electron chi connectivity index (χ0n) is 13.5. The molecule has 2 amide bonds. The number of aromatic nitrogens is 2. The van der Waals surface area contributed by atoms with E-state index in [1.54, 1.807) is 24.5 Å². The molecule has 0 radical (unpaired) electrons. The number of methoxy groups -OCH3 is 1. The van der Waals surface area contributed by atoms with E-state index in [4.69, 9.17) is 4.74 Å². The minimum atomic E-state index is -0.553. The first-order valence-electron chi connectivity index (χ1n) is 7.60. The first-order chi connectivity index (χ1) is 11.6. The molecule has 3 rings (SSSR count). The molecule has 2 heterocycles. The van der Waals surface area contributed by atoms with Crippen molar-refractivity contribution in [3.8, 4) is 5.75 Å². The summed E-state index contributed by atoms with van der Waals surface area (Å²) in [5.41, 5.74) is 2.79. The van der Waals surface area contributed by atoms with Crippen molar-refractivity contribution in [2.75, 3.05) is 12.4 Å². The van der Waals surface area contributed by atoms with Crippen LogP contribution in [-0.4, -0.2) is 28.9 Å². The quantitative estimate of drug-likeness (QED) is 0.889. The second-order valence-electron chi connectivity index (χ2n) is 5.60. The number of rotatable bonds is 4. The summed E-state index contributed by atoms with van der Waals surface area (Å²) in [5, 5.41) is 5.60. The second kappa shape index (κ2) is 6.66. The van der Waals surface area contributed by atoms with Crippen LogP contribution < -0.4 is 15.4 Å². The normalized spacial score (nSPS) is 16.1. The molecule has 1 aromatic carbocycles. The molecule has 2 aromatic rings. The molecular weight excluding hydrogens is 308 g/mol. The van der Waals surface area contributed by atoms with Crippen molar-refractivity contribution in [1.82, 2.24) is 15.3 Å². The number of benzene rings is 1. The van der Waals surface area contributed by atoms with Gasteiger partial charge in [-0.1, -0.05) is 12.1 Å². The first-order valence-corrected chi connectivity index (χ1v) is 7.60. The number of carbonyl (C=O) groups is 2. The maximum absolute atomic E-state index is 12.6. The van der Waals surface area contributed by atoms with Crippen LogP contribution in [-0.2, 0) is 16.1 Å². The van der Waals surface area contributed by atoms with Crippen LogP contribution in [0.15, 0.2) is 30.6 Å². The van der Waals surface area contributed by atoms with Crippen molar-refractivity contribution in [3.63, 3.8) is 0 Å². The SMILES string of the molecule is COc1cccc2c1NC(=O)C[C@H]2C(=O)NCc1cnc(C)cn1. The predicted octanol–water partition coefficient (Wildman–Crippen LogP) is 1.54. The van der Waals surface area contributed by atoms with Gasteiger partial charge < -0.3 is 15.4 Å². The minimum Gasteiger partial charge on any atom is -0.495 e. The van der Waals surface area contributed by atoms with Crippen molar-refractivity contribution in [2.24, 2.45) is 0 Å². The van der Waals surface area contributed by atoms with Gasteiger partial charge in [0.1, 0.15) is 5.75 Å². The van der Waals surface area contributed by atoms with Crippen LogP contribution >= 0.6 is 0 Å². The third-order valence-electron chi connectivity index (χ3n) is 3.90. The molecule has 1 aromatic heterocycles. The minimum absolute atomic E-state index is 0.103. The Morgan fingerprint density at radius 1 is 1.38 bits per heavy atom. The zero-order valence-corrected chi connectivity index (χ0v) is 13.5. The number of carbonyl (C=O) groups excluding carboxylic acids is 2. The van der Waals surface area contributed by atoms with Crippen molar-refractivity contribution in [1.29, 1.82) is 0 Å². The van der Waals surface area contributed by atoms with Gasteiger partial charge in [0, 0.05) is 12.6 Å². The van der Waals surface area contributed by atoms with E-state index in [2.05, 4.69) is 20.6 Å². The molecule has 0 saturated heterocycles.